The number of carbonyl (C=O) groups is 1. The molecule has 5 heteroatoms. The minimum atomic E-state index is -0.334. The van der Waals surface area contributed by atoms with Crippen LogP contribution in [0.4, 0.5) is 5.69 Å². The maximum Gasteiger partial charge on any atom is 0.253 e. The molecule has 18 heavy (non-hydrogen) atoms. The molecule has 1 heterocycles. The molecule has 0 bridgehead atoms. The predicted octanol–water partition coefficient (Wildman–Crippen LogP) is 1.71. The molecule has 1 aromatic carbocycles. The van der Waals surface area contributed by atoms with Crippen molar-refractivity contribution in [2.45, 2.75) is 18.9 Å². The Morgan fingerprint density at radius 1 is 1.50 bits per heavy atom. The fourth-order valence-corrected chi connectivity index (χ4v) is 1.76. The van der Waals surface area contributed by atoms with E-state index in [9.17, 15) is 4.79 Å². The fraction of sp³-hybridized carbons (Fsp3) is 0.385. The number of ether oxygens (including phenoxy) is 2. The predicted molar refractivity (Wildman–Crippen MR) is 65.2 cm³/mol. The average molecular weight is 246 g/mol. The standard InChI is InChI=1S/C13H14N2O3/c14-7-9-17-11-5-3-10(4-6-11)15-13(16)12-2-1-8-18-12/h3-6,12H,1-2,8-9H2,(H,15,16). The smallest absolute Gasteiger partial charge is 0.253 e. The van der Waals surface area contributed by atoms with Crippen LogP contribution in [0.2, 0.25) is 0 Å². The molecule has 1 aliphatic heterocycles. The van der Waals surface area contributed by atoms with Gasteiger partial charge in [0.05, 0.1) is 0 Å². The summed E-state index contributed by atoms with van der Waals surface area (Å²) in [5.74, 6) is 0.491. The Morgan fingerprint density at radius 2 is 2.28 bits per heavy atom. The number of rotatable bonds is 4. The van der Waals surface area contributed by atoms with Gasteiger partial charge in [-0.2, -0.15) is 5.26 Å². The minimum absolute atomic E-state index is 0.0155. The highest BCUT2D eigenvalue weighted by Crippen LogP contribution is 2.18. The Balaban J connectivity index is 1.89. The van der Waals surface area contributed by atoms with E-state index >= 15 is 0 Å². The SMILES string of the molecule is N#CCOc1ccc(NC(=O)C2CCCO2)cc1. The third-order valence-corrected chi connectivity index (χ3v) is 2.65. The van der Waals surface area contributed by atoms with Crippen LogP contribution in [0.3, 0.4) is 0 Å². The van der Waals surface area contributed by atoms with E-state index in [0.29, 0.717) is 18.0 Å². The van der Waals surface area contributed by atoms with E-state index in [4.69, 9.17) is 14.7 Å². The molecular weight excluding hydrogens is 232 g/mol. The van der Waals surface area contributed by atoms with Crippen molar-refractivity contribution in [2.75, 3.05) is 18.5 Å². The van der Waals surface area contributed by atoms with Gasteiger partial charge in [0.2, 0.25) is 0 Å². The summed E-state index contributed by atoms with van der Waals surface area (Å²) in [6.45, 7) is 0.667. The van der Waals surface area contributed by atoms with Crippen LogP contribution in [-0.2, 0) is 9.53 Å². The molecule has 0 aromatic heterocycles. The summed E-state index contributed by atoms with van der Waals surface area (Å²) >= 11 is 0. The summed E-state index contributed by atoms with van der Waals surface area (Å²) in [7, 11) is 0. The molecule has 0 aliphatic carbocycles. The van der Waals surface area contributed by atoms with E-state index in [-0.39, 0.29) is 18.6 Å². The van der Waals surface area contributed by atoms with Crippen LogP contribution in [0.1, 0.15) is 12.8 Å². The van der Waals surface area contributed by atoms with Gasteiger partial charge in [0.15, 0.2) is 6.61 Å². The monoisotopic (exact) mass is 246 g/mol. The first-order valence-electron chi connectivity index (χ1n) is 5.82. The number of nitrogens with one attached hydrogen (secondary N) is 1. The van der Waals surface area contributed by atoms with Crippen molar-refractivity contribution < 1.29 is 14.3 Å². The molecule has 2 rings (SSSR count). The van der Waals surface area contributed by atoms with Crippen LogP contribution in [0.15, 0.2) is 24.3 Å². The summed E-state index contributed by atoms with van der Waals surface area (Å²) in [5.41, 5.74) is 0.694. The molecule has 1 fully saturated rings. The summed E-state index contributed by atoms with van der Waals surface area (Å²) < 4.78 is 10.4. The Labute approximate surface area is 105 Å². The van der Waals surface area contributed by atoms with Crippen LogP contribution in [0, 0.1) is 11.3 Å². The quantitative estimate of drug-likeness (QED) is 0.877. The number of anilines is 1. The lowest BCUT2D eigenvalue weighted by Gasteiger charge is -2.10. The highest BCUT2D eigenvalue weighted by atomic mass is 16.5. The number of amides is 1. The first-order chi connectivity index (χ1) is 8.79. The van der Waals surface area contributed by atoms with Crippen LogP contribution < -0.4 is 10.1 Å². The van der Waals surface area contributed by atoms with Gasteiger partial charge in [-0.05, 0) is 37.1 Å². The summed E-state index contributed by atoms with van der Waals surface area (Å²) in [6, 6.07) is 8.78. The second-order valence-electron chi connectivity index (χ2n) is 3.96. The molecule has 0 saturated carbocycles. The topological polar surface area (TPSA) is 71.3 Å². The molecule has 1 unspecified atom stereocenters. The Morgan fingerprint density at radius 3 is 2.89 bits per heavy atom. The lowest BCUT2D eigenvalue weighted by atomic mass is 10.2. The highest BCUT2D eigenvalue weighted by molar-refractivity contribution is 5.94. The van der Waals surface area contributed by atoms with Gasteiger partial charge in [-0.1, -0.05) is 0 Å². The Kier molecular flexibility index (Phi) is 4.15. The van der Waals surface area contributed by atoms with Crippen LogP contribution in [-0.4, -0.2) is 25.2 Å². The van der Waals surface area contributed by atoms with Crippen LogP contribution >= 0.6 is 0 Å². The molecule has 1 saturated heterocycles. The Bertz CT molecular complexity index is 444. The number of hydrogen-bond donors (Lipinski definition) is 1. The number of nitrogens with zero attached hydrogens (tertiary/aromatic N) is 1. The fourth-order valence-electron chi connectivity index (χ4n) is 1.76. The lowest BCUT2D eigenvalue weighted by Crippen LogP contribution is -2.26. The number of carbonyl (C=O) groups excluding carboxylic acids is 1. The first-order valence-corrected chi connectivity index (χ1v) is 5.82. The van der Waals surface area contributed by atoms with Crippen LogP contribution in [0.25, 0.3) is 0 Å². The van der Waals surface area contributed by atoms with Gasteiger partial charge in [-0.15, -0.1) is 0 Å². The summed E-state index contributed by atoms with van der Waals surface area (Å²) in [6.07, 6.45) is 1.37. The van der Waals surface area contributed by atoms with Gasteiger partial charge < -0.3 is 14.8 Å². The van der Waals surface area contributed by atoms with Gasteiger partial charge in [-0.25, -0.2) is 0 Å². The zero-order chi connectivity index (χ0) is 12.8. The van der Waals surface area contributed by atoms with Crippen molar-refractivity contribution in [2.24, 2.45) is 0 Å². The zero-order valence-electron chi connectivity index (χ0n) is 9.89. The molecule has 1 N–H and O–H groups in total. The van der Waals surface area contributed by atoms with Crippen molar-refractivity contribution in [1.82, 2.24) is 0 Å². The van der Waals surface area contributed by atoms with Gasteiger partial charge in [0.25, 0.3) is 5.91 Å². The number of nitriles is 1. The van der Waals surface area contributed by atoms with Crippen LogP contribution in [0.5, 0.6) is 5.75 Å². The number of benzene rings is 1. The second kappa shape index (κ2) is 6.03. The molecule has 1 atom stereocenters. The maximum absolute atomic E-state index is 11.8. The van der Waals surface area contributed by atoms with Crippen molar-refractivity contribution >= 4 is 11.6 Å². The molecule has 1 amide bonds. The lowest BCUT2D eigenvalue weighted by molar-refractivity contribution is -0.124. The average Bonchev–Trinajstić information content (AvgIpc) is 2.92. The molecule has 0 radical (unpaired) electrons. The number of hydrogen-bond acceptors (Lipinski definition) is 4. The molecule has 94 valence electrons. The Hall–Kier alpha value is -2.06. The van der Waals surface area contributed by atoms with Crippen molar-refractivity contribution in [1.29, 1.82) is 5.26 Å². The third-order valence-electron chi connectivity index (χ3n) is 2.65. The maximum atomic E-state index is 11.8. The summed E-state index contributed by atoms with van der Waals surface area (Å²) in [4.78, 5) is 11.8. The molecular formula is C13H14N2O3. The van der Waals surface area contributed by atoms with Gasteiger partial charge in [0.1, 0.15) is 17.9 Å². The van der Waals surface area contributed by atoms with E-state index in [1.54, 1.807) is 24.3 Å². The van der Waals surface area contributed by atoms with E-state index in [2.05, 4.69) is 5.32 Å². The second-order valence-corrected chi connectivity index (χ2v) is 3.96. The molecule has 1 aromatic rings. The zero-order valence-corrected chi connectivity index (χ0v) is 9.89. The van der Waals surface area contributed by atoms with Gasteiger partial charge >= 0.3 is 0 Å². The molecule has 5 nitrogen and oxygen atoms in total. The van der Waals surface area contributed by atoms with E-state index < -0.39 is 0 Å². The largest absolute Gasteiger partial charge is 0.479 e. The van der Waals surface area contributed by atoms with Gasteiger partial charge in [0, 0.05) is 12.3 Å². The normalized spacial score (nSPS) is 18.1. The third kappa shape index (κ3) is 3.22. The van der Waals surface area contributed by atoms with E-state index in [0.717, 1.165) is 12.8 Å². The van der Waals surface area contributed by atoms with Gasteiger partial charge in [-0.3, -0.25) is 4.79 Å². The van der Waals surface area contributed by atoms with Crippen molar-refractivity contribution in [3.63, 3.8) is 0 Å². The van der Waals surface area contributed by atoms with E-state index in [1.807, 2.05) is 6.07 Å². The first kappa shape index (κ1) is 12.4. The minimum Gasteiger partial charge on any atom is -0.479 e. The molecule has 0 spiro atoms. The van der Waals surface area contributed by atoms with Crippen molar-refractivity contribution in [3.05, 3.63) is 24.3 Å². The summed E-state index contributed by atoms with van der Waals surface area (Å²) in [5, 5.41) is 11.2. The molecule has 1 aliphatic rings. The van der Waals surface area contributed by atoms with Crippen molar-refractivity contribution in [3.8, 4) is 11.8 Å². The van der Waals surface area contributed by atoms with E-state index in [1.165, 1.54) is 0 Å². The highest BCUT2D eigenvalue weighted by Gasteiger charge is 2.23.